The van der Waals surface area contributed by atoms with Crippen molar-refractivity contribution in [1.82, 2.24) is 5.32 Å². The molecule has 1 aliphatic rings. The Bertz CT molecular complexity index is 940. The molecule has 8 heteroatoms. The van der Waals surface area contributed by atoms with Crippen LogP contribution in [-0.2, 0) is 9.59 Å². The van der Waals surface area contributed by atoms with Crippen LogP contribution in [0.15, 0.2) is 42.5 Å². The van der Waals surface area contributed by atoms with Gasteiger partial charge in [-0.25, -0.2) is 4.39 Å². The highest BCUT2D eigenvalue weighted by Crippen LogP contribution is 2.27. The summed E-state index contributed by atoms with van der Waals surface area (Å²) in [7, 11) is 1.57. The van der Waals surface area contributed by atoms with Gasteiger partial charge < -0.3 is 20.3 Å². The summed E-state index contributed by atoms with van der Waals surface area (Å²) in [6.07, 6.45) is 0.147. The maximum Gasteiger partial charge on any atom is 0.227 e. The molecule has 0 saturated carbocycles. The minimum absolute atomic E-state index is 0.0599. The van der Waals surface area contributed by atoms with Crippen molar-refractivity contribution in [2.45, 2.75) is 6.42 Å². The summed E-state index contributed by atoms with van der Waals surface area (Å²) in [6, 6.07) is 13.3. The lowest BCUT2D eigenvalue weighted by Crippen LogP contribution is -2.35. The molecule has 1 atom stereocenters. The van der Waals surface area contributed by atoms with Gasteiger partial charge in [0.25, 0.3) is 0 Å². The van der Waals surface area contributed by atoms with Crippen LogP contribution in [0.2, 0.25) is 0 Å². The Hall–Kier alpha value is -3.60. The normalized spacial score (nSPS) is 15.7. The van der Waals surface area contributed by atoms with Crippen molar-refractivity contribution >= 4 is 23.2 Å². The molecule has 2 aromatic carbocycles. The van der Waals surface area contributed by atoms with Crippen LogP contribution >= 0.6 is 0 Å². The molecule has 1 fully saturated rings. The van der Waals surface area contributed by atoms with Gasteiger partial charge in [0.1, 0.15) is 23.2 Å². The molecule has 1 saturated heterocycles. The zero-order chi connectivity index (χ0) is 20.8. The summed E-state index contributed by atoms with van der Waals surface area (Å²) < 4.78 is 18.7. The van der Waals surface area contributed by atoms with E-state index in [0.717, 1.165) is 5.69 Å². The second kappa shape index (κ2) is 9.06. The number of hydrogen-bond donors (Lipinski definition) is 2. The number of benzene rings is 2. The number of nitrogens with zero attached hydrogens (tertiary/aromatic N) is 2. The Balaban J connectivity index is 1.49. The van der Waals surface area contributed by atoms with Gasteiger partial charge in [0, 0.05) is 31.7 Å². The second-order valence-electron chi connectivity index (χ2n) is 6.60. The molecule has 1 unspecified atom stereocenters. The number of methoxy groups -OCH3 is 1. The molecule has 150 valence electrons. The van der Waals surface area contributed by atoms with Crippen LogP contribution in [0, 0.1) is 23.1 Å². The molecular weight excluding hydrogens is 375 g/mol. The molecule has 1 aliphatic heterocycles. The molecule has 2 N–H and O–H groups in total. The Kier molecular flexibility index (Phi) is 6.29. The summed E-state index contributed by atoms with van der Waals surface area (Å²) in [5, 5.41) is 14.7. The molecule has 7 nitrogen and oxygen atoms in total. The quantitative estimate of drug-likeness (QED) is 0.701. The van der Waals surface area contributed by atoms with Crippen LogP contribution in [0.5, 0.6) is 5.75 Å². The van der Waals surface area contributed by atoms with Crippen molar-refractivity contribution in [3.8, 4) is 11.8 Å². The van der Waals surface area contributed by atoms with E-state index >= 15 is 0 Å². The SMILES string of the molecule is COc1ccc(N2CC(C(=O)NCCNc3cccc(F)c3C#N)CC2=O)cc1. The lowest BCUT2D eigenvalue weighted by molar-refractivity contribution is -0.126. The third kappa shape index (κ3) is 4.63. The monoisotopic (exact) mass is 396 g/mol. The van der Waals surface area contributed by atoms with Gasteiger partial charge >= 0.3 is 0 Å². The van der Waals surface area contributed by atoms with E-state index in [9.17, 15) is 14.0 Å². The molecule has 0 aromatic heterocycles. The number of anilines is 2. The fraction of sp³-hybridized carbons (Fsp3) is 0.286. The van der Waals surface area contributed by atoms with E-state index in [1.165, 1.54) is 12.1 Å². The van der Waals surface area contributed by atoms with E-state index in [1.54, 1.807) is 42.3 Å². The number of ether oxygens (including phenoxy) is 1. The summed E-state index contributed by atoms with van der Waals surface area (Å²) in [5.74, 6) is -0.652. The molecule has 0 bridgehead atoms. The number of halogens is 1. The van der Waals surface area contributed by atoms with Crippen molar-refractivity contribution in [3.05, 3.63) is 53.8 Å². The van der Waals surface area contributed by atoms with E-state index in [1.807, 2.05) is 6.07 Å². The van der Waals surface area contributed by atoms with Crippen LogP contribution in [0.4, 0.5) is 15.8 Å². The molecular formula is C21H21FN4O3. The van der Waals surface area contributed by atoms with E-state index in [0.29, 0.717) is 24.5 Å². The van der Waals surface area contributed by atoms with Crippen LogP contribution in [0.1, 0.15) is 12.0 Å². The Morgan fingerprint density at radius 2 is 2.03 bits per heavy atom. The average Bonchev–Trinajstić information content (AvgIpc) is 3.13. The maximum absolute atomic E-state index is 13.6. The van der Waals surface area contributed by atoms with Crippen molar-refractivity contribution in [2.24, 2.45) is 5.92 Å². The lowest BCUT2D eigenvalue weighted by atomic mass is 10.1. The maximum atomic E-state index is 13.6. The van der Waals surface area contributed by atoms with Crippen molar-refractivity contribution in [3.63, 3.8) is 0 Å². The standard InChI is InChI=1S/C21H21FN4O3/c1-29-16-7-5-15(6-8-16)26-13-14(11-20(26)27)21(28)25-10-9-24-19-4-2-3-18(22)17(19)12-23/h2-8,14,24H,9-11,13H2,1H3,(H,25,28). The summed E-state index contributed by atoms with van der Waals surface area (Å²) in [6.45, 7) is 0.924. The van der Waals surface area contributed by atoms with Gasteiger partial charge in [-0.15, -0.1) is 0 Å². The Morgan fingerprint density at radius 3 is 2.72 bits per heavy atom. The second-order valence-corrected chi connectivity index (χ2v) is 6.60. The Morgan fingerprint density at radius 1 is 1.28 bits per heavy atom. The average molecular weight is 396 g/mol. The van der Waals surface area contributed by atoms with Crippen LogP contribution in [0.25, 0.3) is 0 Å². The molecule has 0 aliphatic carbocycles. The van der Waals surface area contributed by atoms with E-state index in [-0.39, 0.29) is 30.3 Å². The van der Waals surface area contributed by atoms with Gasteiger partial charge in [0.2, 0.25) is 11.8 Å². The molecule has 29 heavy (non-hydrogen) atoms. The van der Waals surface area contributed by atoms with E-state index in [4.69, 9.17) is 10.00 Å². The first-order valence-corrected chi connectivity index (χ1v) is 9.18. The number of carbonyl (C=O) groups is 2. The fourth-order valence-electron chi connectivity index (χ4n) is 3.21. The minimum Gasteiger partial charge on any atom is -0.497 e. The summed E-state index contributed by atoms with van der Waals surface area (Å²) in [4.78, 5) is 26.3. The molecule has 1 heterocycles. The summed E-state index contributed by atoms with van der Waals surface area (Å²) in [5.41, 5.74) is 1.04. The number of amides is 2. The van der Waals surface area contributed by atoms with Gasteiger partial charge in [-0.1, -0.05) is 6.07 Å². The fourth-order valence-corrected chi connectivity index (χ4v) is 3.21. The van der Waals surface area contributed by atoms with Crippen LogP contribution in [0.3, 0.4) is 0 Å². The predicted octanol–water partition coefficient (Wildman–Crippen LogP) is 2.29. The minimum atomic E-state index is -0.593. The molecule has 2 amide bonds. The highest BCUT2D eigenvalue weighted by Gasteiger charge is 2.34. The zero-order valence-corrected chi connectivity index (χ0v) is 15.9. The highest BCUT2D eigenvalue weighted by molar-refractivity contribution is 6.00. The third-order valence-electron chi connectivity index (χ3n) is 4.75. The van der Waals surface area contributed by atoms with Gasteiger partial charge in [0.15, 0.2) is 0 Å². The predicted molar refractivity (Wildman–Crippen MR) is 106 cm³/mol. The van der Waals surface area contributed by atoms with Gasteiger partial charge in [-0.05, 0) is 36.4 Å². The first-order valence-electron chi connectivity index (χ1n) is 9.18. The summed E-state index contributed by atoms with van der Waals surface area (Å²) >= 11 is 0. The van der Waals surface area contributed by atoms with E-state index in [2.05, 4.69) is 10.6 Å². The van der Waals surface area contributed by atoms with Gasteiger partial charge in [-0.3, -0.25) is 9.59 Å². The Labute approximate surface area is 168 Å². The van der Waals surface area contributed by atoms with Crippen molar-refractivity contribution in [1.29, 1.82) is 5.26 Å². The van der Waals surface area contributed by atoms with Crippen LogP contribution < -0.4 is 20.3 Å². The number of nitriles is 1. The molecule has 0 spiro atoms. The number of rotatable bonds is 7. The first kappa shape index (κ1) is 20.1. The lowest BCUT2D eigenvalue weighted by Gasteiger charge is -2.17. The zero-order valence-electron chi connectivity index (χ0n) is 15.9. The highest BCUT2D eigenvalue weighted by atomic mass is 19.1. The smallest absolute Gasteiger partial charge is 0.227 e. The molecule has 2 aromatic rings. The van der Waals surface area contributed by atoms with Crippen molar-refractivity contribution < 1.29 is 18.7 Å². The van der Waals surface area contributed by atoms with E-state index < -0.39 is 11.7 Å². The molecule has 0 radical (unpaired) electrons. The molecule has 3 rings (SSSR count). The van der Waals surface area contributed by atoms with Crippen LogP contribution in [-0.4, -0.2) is 38.6 Å². The number of carbonyl (C=O) groups excluding carboxylic acids is 2. The van der Waals surface area contributed by atoms with Gasteiger partial charge in [0.05, 0.1) is 18.7 Å². The topological polar surface area (TPSA) is 94.5 Å². The third-order valence-corrected chi connectivity index (χ3v) is 4.75. The number of nitrogens with one attached hydrogen (secondary N) is 2. The largest absolute Gasteiger partial charge is 0.497 e. The van der Waals surface area contributed by atoms with Gasteiger partial charge in [-0.2, -0.15) is 5.26 Å². The number of hydrogen-bond acceptors (Lipinski definition) is 5. The van der Waals surface area contributed by atoms with Crippen molar-refractivity contribution in [2.75, 3.05) is 37.0 Å². The first-order chi connectivity index (χ1) is 14.0.